The molecule has 2 heterocycles. The highest BCUT2D eigenvalue weighted by Gasteiger charge is 2.14. The summed E-state index contributed by atoms with van der Waals surface area (Å²) in [6, 6.07) is 3.91. The van der Waals surface area contributed by atoms with Crippen LogP contribution in [0, 0.1) is 0 Å². The number of ether oxygens (including phenoxy) is 1. The first kappa shape index (κ1) is 12.0. The zero-order valence-corrected chi connectivity index (χ0v) is 10.3. The van der Waals surface area contributed by atoms with E-state index in [1.165, 1.54) is 12.8 Å². The summed E-state index contributed by atoms with van der Waals surface area (Å²) in [4.78, 5) is 0. The highest BCUT2D eigenvalue weighted by atomic mass is 32.2. The molecule has 1 unspecified atom stereocenters. The van der Waals surface area contributed by atoms with Crippen molar-refractivity contribution in [2.75, 3.05) is 24.7 Å². The van der Waals surface area contributed by atoms with E-state index in [9.17, 15) is 0 Å². The average molecular weight is 241 g/mol. The highest BCUT2D eigenvalue weighted by Crippen LogP contribution is 2.16. The maximum absolute atomic E-state index is 5.56. The third-order valence-electron chi connectivity index (χ3n) is 2.63. The smallest absolute Gasteiger partial charge is 0.117 e. The number of rotatable bonds is 7. The molecule has 1 N–H and O–H groups in total. The summed E-state index contributed by atoms with van der Waals surface area (Å²) in [5, 5.41) is 3.36. The molecule has 2 rings (SSSR count). The average Bonchev–Trinajstić information content (AvgIpc) is 2.96. The van der Waals surface area contributed by atoms with Gasteiger partial charge in [0.05, 0.1) is 18.9 Å². The third kappa shape index (κ3) is 4.20. The van der Waals surface area contributed by atoms with Crippen LogP contribution in [-0.4, -0.2) is 30.8 Å². The maximum atomic E-state index is 5.56. The van der Waals surface area contributed by atoms with Gasteiger partial charge in [0.25, 0.3) is 0 Å². The minimum absolute atomic E-state index is 0.509. The van der Waals surface area contributed by atoms with Gasteiger partial charge in [0, 0.05) is 24.7 Å². The van der Waals surface area contributed by atoms with E-state index in [1.807, 2.05) is 23.9 Å². The standard InChI is InChI=1S/C12H19NO2S/c1-3-11(14-6-1)9-13-5-8-16-10-12-4-2-7-15-12/h1,3,6,12-13H,2,4-5,7-10H2. The number of thioether (sulfide) groups is 1. The molecular weight excluding hydrogens is 222 g/mol. The fourth-order valence-electron chi connectivity index (χ4n) is 1.76. The lowest BCUT2D eigenvalue weighted by Crippen LogP contribution is -2.17. The van der Waals surface area contributed by atoms with Crippen molar-refractivity contribution in [3.8, 4) is 0 Å². The topological polar surface area (TPSA) is 34.4 Å². The van der Waals surface area contributed by atoms with Gasteiger partial charge in [-0.15, -0.1) is 0 Å². The second-order valence-corrected chi connectivity index (χ2v) is 5.12. The van der Waals surface area contributed by atoms with Crippen molar-refractivity contribution < 1.29 is 9.15 Å². The molecule has 0 aliphatic carbocycles. The molecule has 0 aromatic carbocycles. The van der Waals surface area contributed by atoms with E-state index in [4.69, 9.17) is 9.15 Å². The summed E-state index contributed by atoms with van der Waals surface area (Å²) in [5.74, 6) is 3.28. The zero-order valence-electron chi connectivity index (χ0n) is 9.48. The van der Waals surface area contributed by atoms with Crippen molar-refractivity contribution in [3.05, 3.63) is 24.2 Å². The number of nitrogens with one attached hydrogen (secondary N) is 1. The van der Waals surface area contributed by atoms with Crippen LogP contribution in [0.25, 0.3) is 0 Å². The van der Waals surface area contributed by atoms with Gasteiger partial charge < -0.3 is 14.5 Å². The van der Waals surface area contributed by atoms with E-state index in [1.54, 1.807) is 6.26 Å². The lowest BCUT2D eigenvalue weighted by atomic mass is 10.3. The van der Waals surface area contributed by atoms with Crippen molar-refractivity contribution in [2.45, 2.75) is 25.5 Å². The Balaban J connectivity index is 1.43. The van der Waals surface area contributed by atoms with E-state index < -0.39 is 0 Å². The monoisotopic (exact) mass is 241 g/mol. The van der Waals surface area contributed by atoms with Crippen LogP contribution >= 0.6 is 11.8 Å². The minimum Gasteiger partial charge on any atom is -0.468 e. The first-order valence-electron chi connectivity index (χ1n) is 5.87. The minimum atomic E-state index is 0.509. The molecule has 1 fully saturated rings. The molecule has 0 saturated carbocycles. The molecule has 4 heteroatoms. The van der Waals surface area contributed by atoms with Crippen molar-refractivity contribution in [1.82, 2.24) is 5.32 Å². The number of hydrogen-bond donors (Lipinski definition) is 1. The Bertz CT molecular complexity index is 271. The number of hydrogen-bond acceptors (Lipinski definition) is 4. The van der Waals surface area contributed by atoms with Crippen LogP contribution in [-0.2, 0) is 11.3 Å². The summed E-state index contributed by atoms with van der Waals surface area (Å²) in [6.07, 6.45) is 4.70. The Morgan fingerprint density at radius 2 is 2.50 bits per heavy atom. The molecule has 0 amide bonds. The fourth-order valence-corrected chi connectivity index (χ4v) is 2.74. The maximum Gasteiger partial charge on any atom is 0.117 e. The molecule has 1 aromatic heterocycles. The van der Waals surface area contributed by atoms with Gasteiger partial charge in [-0.25, -0.2) is 0 Å². The number of furan rings is 1. The van der Waals surface area contributed by atoms with E-state index in [0.29, 0.717) is 6.10 Å². The first-order valence-corrected chi connectivity index (χ1v) is 7.03. The molecule has 1 atom stereocenters. The summed E-state index contributed by atoms with van der Waals surface area (Å²) in [5.41, 5.74) is 0. The van der Waals surface area contributed by atoms with Crippen LogP contribution in [0.1, 0.15) is 18.6 Å². The van der Waals surface area contributed by atoms with E-state index in [0.717, 1.165) is 37.0 Å². The molecule has 0 spiro atoms. The van der Waals surface area contributed by atoms with Crippen molar-refractivity contribution >= 4 is 11.8 Å². The molecule has 0 radical (unpaired) electrons. The Morgan fingerprint density at radius 1 is 1.50 bits per heavy atom. The van der Waals surface area contributed by atoms with Gasteiger partial charge in [0.1, 0.15) is 5.76 Å². The first-order chi connectivity index (χ1) is 7.95. The van der Waals surface area contributed by atoms with Crippen molar-refractivity contribution in [2.24, 2.45) is 0 Å². The highest BCUT2D eigenvalue weighted by molar-refractivity contribution is 7.99. The van der Waals surface area contributed by atoms with Crippen molar-refractivity contribution in [3.63, 3.8) is 0 Å². The Morgan fingerprint density at radius 3 is 3.25 bits per heavy atom. The van der Waals surface area contributed by atoms with Crippen molar-refractivity contribution in [1.29, 1.82) is 0 Å². The molecule has 90 valence electrons. The Labute approximate surface area is 101 Å². The summed E-state index contributed by atoms with van der Waals surface area (Å²) >= 11 is 1.97. The lowest BCUT2D eigenvalue weighted by molar-refractivity contribution is 0.129. The van der Waals surface area contributed by atoms with Gasteiger partial charge in [-0.05, 0) is 25.0 Å². The Hall–Kier alpha value is -0.450. The second kappa shape index (κ2) is 6.99. The van der Waals surface area contributed by atoms with Gasteiger partial charge in [-0.1, -0.05) is 0 Å². The van der Waals surface area contributed by atoms with Crippen LogP contribution in [0.5, 0.6) is 0 Å². The van der Waals surface area contributed by atoms with E-state index in [2.05, 4.69) is 5.32 Å². The van der Waals surface area contributed by atoms with E-state index in [-0.39, 0.29) is 0 Å². The second-order valence-electron chi connectivity index (χ2n) is 3.97. The molecule has 1 saturated heterocycles. The molecule has 1 aliphatic rings. The van der Waals surface area contributed by atoms with Gasteiger partial charge >= 0.3 is 0 Å². The third-order valence-corrected chi connectivity index (χ3v) is 3.73. The SMILES string of the molecule is c1coc(CNCCSCC2CCCO2)c1. The Kier molecular flexibility index (Phi) is 5.25. The molecule has 1 aromatic rings. The van der Waals surface area contributed by atoms with Gasteiger partial charge in [-0.3, -0.25) is 0 Å². The lowest BCUT2D eigenvalue weighted by Gasteiger charge is -2.08. The van der Waals surface area contributed by atoms with Crippen LogP contribution in [0.3, 0.4) is 0 Å². The van der Waals surface area contributed by atoms with Crippen LogP contribution in [0.2, 0.25) is 0 Å². The fraction of sp³-hybridized carbons (Fsp3) is 0.667. The van der Waals surface area contributed by atoms with Gasteiger partial charge in [0.2, 0.25) is 0 Å². The molecular formula is C12H19NO2S. The molecule has 1 aliphatic heterocycles. The van der Waals surface area contributed by atoms with E-state index >= 15 is 0 Å². The predicted octanol–water partition coefficient (Wildman–Crippen LogP) is 2.28. The molecule has 16 heavy (non-hydrogen) atoms. The largest absolute Gasteiger partial charge is 0.468 e. The predicted molar refractivity (Wildman–Crippen MR) is 66.7 cm³/mol. The molecule has 0 bridgehead atoms. The molecule has 3 nitrogen and oxygen atoms in total. The van der Waals surface area contributed by atoms with Gasteiger partial charge in [0.15, 0.2) is 0 Å². The zero-order chi connectivity index (χ0) is 11.1. The van der Waals surface area contributed by atoms with Gasteiger partial charge in [-0.2, -0.15) is 11.8 Å². The van der Waals surface area contributed by atoms with Crippen LogP contribution < -0.4 is 5.32 Å². The summed E-state index contributed by atoms with van der Waals surface area (Å²) in [6.45, 7) is 2.81. The normalized spacial score (nSPS) is 20.4. The van der Waals surface area contributed by atoms with Crippen LogP contribution in [0.4, 0.5) is 0 Å². The summed E-state index contributed by atoms with van der Waals surface area (Å²) in [7, 11) is 0. The quantitative estimate of drug-likeness (QED) is 0.743. The summed E-state index contributed by atoms with van der Waals surface area (Å²) < 4.78 is 10.8. The van der Waals surface area contributed by atoms with Crippen LogP contribution in [0.15, 0.2) is 22.8 Å².